The van der Waals surface area contributed by atoms with Crippen molar-refractivity contribution in [2.75, 3.05) is 24.9 Å². The second kappa shape index (κ2) is 8.34. The first kappa shape index (κ1) is 19.6. The summed E-state index contributed by atoms with van der Waals surface area (Å²) in [6.45, 7) is 0. The van der Waals surface area contributed by atoms with Crippen LogP contribution in [0.4, 0.5) is 16.2 Å². The predicted octanol–water partition coefficient (Wildman–Crippen LogP) is 5.54. The smallest absolute Gasteiger partial charge is 0.323 e. The SMILES string of the molecule is COc1cc(OC)c(NC(=O)Nc2c(-c3cccnc3)[nH]c3ccccc23)cc1Cl. The van der Waals surface area contributed by atoms with Crippen molar-refractivity contribution in [1.29, 1.82) is 0 Å². The summed E-state index contributed by atoms with van der Waals surface area (Å²) in [5.41, 5.74) is 3.59. The van der Waals surface area contributed by atoms with Gasteiger partial charge in [-0.2, -0.15) is 0 Å². The first-order valence-electron chi connectivity index (χ1n) is 9.11. The molecule has 8 heteroatoms. The van der Waals surface area contributed by atoms with E-state index < -0.39 is 6.03 Å². The van der Waals surface area contributed by atoms with Gasteiger partial charge in [0.1, 0.15) is 11.5 Å². The molecule has 0 atom stereocenters. The van der Waals surface area contributed by atoms with E-state index in [4.69, 9.17) is 21.1 Å². The van der Waals surface area contributed by atoms with Gasteiger partial charge in [-0.1, -0.05) is 29.8 Å². The van der Waals surface area contributed by atoms with Crippen molar-refractivity contribution in [2.24, 2.45) is 0 Å². The van der Waals surface area contributed by atoms with Gasteiger partial charge in [-0.3, -0.25) is 4.98 Å². The molecule has 0 fully saturated rings. The number of aromatic amines is 1. The van der Waals surface area contributed by atoms with E-state index in [9.17, 15) is 4.79 Å². The number of amides is 2. The van der Waals surface area contributed by atoms with Crippen LogP contribution in [0.25, 0.3) is 22.2 Å². The Hall–Kier alpha value is -3.71. The number of para-hydroxylation sites is 1. The van der Waals surface area contributed by atoms with Gasteiger partial charge >= 0.3 is 6.03 Å². The number of halogens is 1. The van der Waals surface area contributed by atoms with E-state index in [0.29, 0.717) is 27.9 Å². The number of aromatic nitrogens is 2. The zero-order chi connectivity index (χ0) is 21.1. The van der Waals surface area contributed by atoms with Gasteiger partial charge in [-0.15, -0.1) is 0 Å². The molecule has 7 nitrogen and oxygen atoms in total. The third-order valence-electron chi connectivity index (χ3n) is 4.62. The maximum Gasteiger partial charge on any atom is 0.323 e. The first-order valence-corrected chi connectivity index (χ1v) is 9.49. The third-order valence-corrected chi connectivity index (χ3v) is 4.91. The molecule has 4 aromatic rings. The van der Waals surface area contributed by atoms with Gasteiger partial charge in [0.25, 0.3) is 0 Å². The van der Waals surface area contributed by atoms with E-state index in [1.54, 1.807) is 24.5 Å². The zero-order valence-corrected chi connectivity index (χ0v) is 17.1. The van der Waals surface area contributed by atoms with E-state index in [-0.39, 0.29) is 0 Å². The Bertz CT molecular complexity index is 1210. The second-order valence-corrected chi connectivity index (χ2v) is 6.84. The molecule has 2 aromatic carbocycles. The lowest BCUT2D eigenvalue weighted by Gasteiger charge is -2.14. The van der Waals surface area contributed by atoms with Gasteiger partial charge in [0.15, 0.2) is 0 Å². The Balaban J connectivity index is 1.68. The molecule has 3 N–H and O–H groups in total. The number of ether oxygens (including phenoxy) is 2. The number of urea groups is 1. The number of rotatable bonds is 5. The number of nitrogens with zero attached hydrogens (tertiary/aromatic N) is 1. The number of benzene rings is 2. The van der Waals surface area contributed by atoms with Gasteiger partial charge < -0.3 is 25.1 Å². The number of carbonyl (C=O) groups is 1. The van der Waals surface area contributed by atoms with Gasteiger partial charge in [-0.05, 0) is 24.3 Å². The highest BCUT2D eigenvalue weighted by Gasteiger charge is 2.17. The maximum absolute atomic E-state index is 12.9. The molecule has 30 heavy (non-hydrogen) atoms. The third kappa shape index (κ3) is 3.75. The van der Waals surface area contributed by atoms with E-state index >= 15 is 0 Å². The molecule has 0 unspecified atom stereocenters. The Kier molecular flexibility index (Phi) is 5.45. The summed E-state index contributed by atoms with van der Waals surface area (Å²) in [5.74, 6) is 0.882. The molecular weight excluding hydrogens is 404 g/mol. The number of pyridine rings is 1. The normalized spacial score (nSPS) is 10.6. The summed E-state index contributed by atoms with van der Waals surface area (Å²) >= 11 is 6.20. The summed E-state index contributed by atoms with van der Waals surface area (Å²) in [4.78, 5) is 20.4. The average Bonchev–Trinajstić information content (AvgIpc) is 3.13. The fraction of sp³-hybridized carbons (Fsp3) is 0.0909. The minimum Gasteiger partial charge on any atom is -0.495 e. The van der Waals surface area contributed by atoms with Crippen LogP contribution in [-0.4, -0.2) is 30.2 Å². The second-order valence-electron chi connectivity index (χ2n) is 6.43. The summed E-state index contributed by atoms with van der Waals surface area (Å²) < 4.78 is 10.5. The number of nitrogens with one attached hydrogen (secondary N) is 3. The number of carbonyl (C=O) groups excluding carboxylic acids is 1. The molecule has 2 aromatic heterocycles. The fourth-order valence-electron chi connectivity index (χ4n) is 3.22. The van der Waals surface area contributed by atoms with Crippen LogP contribution < -0.4 is 20.1 Å². The quantitative estimate of drug-likeness (QED) is 0.393. The number of H-pyrrole nitrogens is 1. The molecule has 2 amide bonds. The number of hydrogen-bond acceptors (Lipinski definition) is 4. The Labute approximate surface area is 178 Å². The van der Waals surface area contributed by atoms with E-state index in [1.165, 1.54) is 14.2 Å². The van der Waals surface area contributed by atoms with Crippen LogP contribution in [0.15, 0.2) is 60.9 Å². The average molecular weight is 423 g/mol. The summed E-state index contributed by atoms with van der Waals surface area (Å²) in [7, 11) is 3.02. The predicted molar refractivity (Wildman–Crippen MR) is 119 cm³/mol. The zero-order valence-electron chi connectivity index (χ0n) is 16.3. The van der Waals surface area contributed by atoms with Crippen molar-refractivity contribution in [1.82, 2.24) is 9.97 Å². The minimum absolute atomic E-state index is 0.358. The standard InChI is InChI=1S/C22H19ClN4O3/c1-29-18-11-19(30-2)17(10-15(18)23)26-22(28)27-21-14-7-3-4-8-16(14)25-20(21)13-6-5-9-24-12-13/h3-12,25H,1-2H3,(H2,26,27,28). The molecule has 0 bridgehead atoms. The molecule has 0 radical (unpaired) electrons. The van der Waals surface area contributed by atoms with Crippen molar-refractivity contribution in [3.63, 3.8) is 0 Å². The van der Waals surface area contributed by atoms with Gasteiger partial charge in [-0.25, -0.2) is 4.79 Å². The lowest BCUT2D eigenvalue weighted by Crippen LogP contribution is -2.20. The molecule has 4 rings (SSSR count). The lowest BCUT2D eigenvalue weighted by molar-refractivity contribution is 0.262. The van der Waals surface area contributed by atoms with Gasteiger partial charge in [0, 0.05) is 34.9 Å². The highest BCUT2D eigenvalue weighted by Crippen LogP contribution is 2.37. The Morgan fingerprint density at radius 3 is 2.57 bits per heavy atom. The van der Waals surface area contributed by atoms with Crippen LogP contribution in [-0.2, 0) is 0 Å². The van der Waals surface area contributed by atoms with Gasteiger partial charge in [0.05, 0.1) is 36.3 Å². The topological polar surface area (TPSA) is 88.3 Å². The van der Waals surface area contributed by atoms with E-state index in [0.717, 1.165) is 22.2 Å². The Morgan fingerprint density at radius 2 is 1.83 bits per heavy atom. The number of methoxy groups -OCH3 is 2. The number of anilines is 2. The van der Waals surface area contributed by atoms with Crippen molar-refractivity contribution in [3.05, 3.63) is 65.9 Å². The monoisotopic (exact) mass is 422 g/mol. The van der Waals surface area contributed by atoms with Crippen LogP contribution in [0.5, 0.6) is 11.5 Å². The lowest BCUT2D eigenvalue weighted by atomic mass is 10.1. The molecular formula is C22H19ClN4O3. The van der Waals surface area contributed by atoms with Crippen LogP contribution in [0, 0.1) is 0 Å². The number of hydrogen-bond donors (Lipinski definition) is 3. The van der Waals surface area contributed by atoms with Crippen LogP contribution >= 0.6 is 11.6 Å². The highest BCUT2D eigenvalue weighted by atomic mass is 35.5. The largest absolute Gasteiger partial charge is 0.495 e. The molecule has 2 heterocycles. The maximum atomic E-state index is 12.9. The van der Waals surface area contributed by atoms with E-state index in [2.05, 4.69) is 20.6 Å². The van der Waals surface area contributed by atoms with Crippen LogP contribution in [0.1, 0.15) is 0 Å². The fourth-order valence-corrected chi connectivity index (χ4v) is 3.46. The first-order chi connectivity index (χ1) is 14.6. The highest BCUT2D eigenvalue weighted by molar-refractivity contribution is 6.32. The molecule has 0 aliphatic carbocycles. The van der Waals surface area contributed by atoms with Gasteiger partial charge in [0.2, 0.25) is 0 Å². The summed E-state index contributed by atoms with van der Waals surface area (Å²) in [5, 5.41) is 6.97. The summed E-state index contributed by atoms with van der Waals surface area (Å²) in [6, 6.07) is 14.3. The van der Waals surface area contributed by atoms with E-state index in [1.807, 2.05) is 36.4 Å². The number of fused-ring (bicyclic) bond motifs is 1. The van der Waals surface area contributed by atoms with Crippen LogP contribution in [0.2, 0.25) is 5.02 Å². The van der Waals surface area contributed by atoms with Crippen molar-refractivity contribution in [3.8, 4) is 22.8 Å². The Morgan fingerprint density at radius 1 is 1.03 bits per heavy atom. The molecule has 0 spiro atoms. The molecule has 0 aliphatic rings. The summed E-state index contributed by atoms with van der Waals surface area (Å²) in [6.07, 6.45) is 3.44. The molecule has 0 aliphatic heterocycles. The minimum atomic E-state index is -0.440. The molecule has 0 saturated heterocycles. The van der Waals surface area contributed by atoms with Crippen LogP contribution in [0.3, 0.4) is 0 Å². The molecule has 152 valence electrons. The molecule has 0 saturated carbocycles. The van der Waals surface area contributed by atoms with Crippen molar-refractivity contribution >= 4 is 39.9 Å². The van der Waals surface area contributed by atoms with Crippen molar-refractivity contribution in [2.45, 2.75) is 0 Å². The van der Waals surface area contributed by atoms with Crippen molar-refractivity contribution < 1.29 is 14.3 Å².